The lowest BCUT2D eigenvalue weighted by atomic mass is 10.1. The first-order chi connectivity index (χ1) is 13.4. The molecule has 0 aliphatic carbocycles. The molecule has 6 heteroatoms. The second-order valence-corrected chi connectivity index (χ2v) is 7.81. The molecule has 2 aromatic carbocycles. The number of hydrogen-bond acceptors (Lipinski definition) is 3. The molecule has 0 aliphatic rings. The summed E-state index contributed by atoms with van der Waals surface area (Å²) in [6.07, 6.45) is 0.500. The zero-order valence-electron chi connectivity index (χ0n) is 15.8. The number of nitrogens with one attached hydrogen (secondary N) is 2. The minimum atomic E-state index is 0.0164. The van der Waals surface area contributed by atoms with Crippen LogP contribution >= 0.6 is 23.2 Å². The van der Waals surface area contributed by atoms with Gasteiger partial charge in [0, 0.05) is 28.4 Å². The highest BCUT2D eigenvalue weighted by Gasteiger charge is 2.10. The molecular weight excluding hydrogens is 395 g/mol. The van der Waals surface area contributed by atoms with Crippen molar-refractivity contribution in [2.45, 2.75) is 26.8 Å². The average molecular weight is 417 g/mol. The monoisotopic (exact) mass is 416 g/mol. The molecular formula is C22H22Cl2N2O2. The quantitative estimate of drug-likeness (QED) is 0.442. The maximum Gasteiger partial charge on any atom is 0.224 e. The molecule has 1 heterocycles. The van der Waals surface area contributed by atoms with Gasteiger partial charge in [0.2, 0.25) is 5.91 Å². The zero-order chi connectivity index (χ0) is 20.1. The predicted molar refractivity (Wildman–Crippen MR) is 116 cm³/mol. The fraction of sp³-hybridized carbons (Fsp3) is 0.227. The minimum Gasteiger partial charge on any atom is -0.459 e. The Morgan fingerprint density at radius 2 is 1.82 bits per heavy atom. The van der Waals surface area contributed by atoms with Gasteiger partial charge in [-0.15, -0.1) is 0 Å². The van der Waals surface area contributed by atoms with Gasteiger partial charge >= 0.3 is 0 Å². The molecule has 0 spiro atoms. The smallest absolute Gasteiger partial charge is 0.224 e. The molecule has 0 fully saturated rings. The number of carbonyl (C=O) groups excluding carboxylic acids is 1. The number of furan rings is 1. The van der Waals surface area contributed by atoms with Crippen molar-refractivity contribution in [3.8, 4) is 11.3 Å². The van der Waals surface area contributed by atoms with Gasteiger partial charge in [0.15, 0.2) is 0 Å². The lowest BCUT2D eigenvalue weighted by Crippen LogP contribution is -2.13. The minimum absolute atomic E-state index is 0.0164. The van der Waals surface area contributed by atoms with Gasteiger partial charge in [-0.2, -0.15) is 0 Å². The number of anilines is 2. The van der Waals surface area contributed by atoms with E-state index in [4.69, 9.17) is 27.6 Å². The van der Waals surface area contributed by atoms with Crippen LogP contribution < -0.4 is 10.6 Å². The van der Waals surface area contributed by atoms with Gasteiger partial charge in [0.1, 0.15) is 11.5 Å². The topological polar surface area (TPSA) is 54.3 Å². The highest BCUT2D eigenvalue weighted by Crippen LogP contribution is 2.31. The zero-order valence-corrected chi connectivity index (χ0v) is 17.3. The summed E-state index contributed by atoms with van der Waals surface area (Å²) in [5, 5.41) is 7.36. The summed E-state index contributed by atoms with van der Waals surface area (Å²) < 4.78 is 5.89. The summed E-state index contributed by atoms with van der Waals surface area (Å²) in [5.74, 6) is 1.80. The van der Waals surface area contributed by atoms with Crippen LogP contribution in [0.5, 0.6) is 0 Å². The highest BCUT2D eigenvalue weighted by molar-refractivity contribution is 6.36. The molecule has 0 unspecified atom stereocenters. The number of benzene rings is 2. The van der Waals surface area contributed by atoms with Crippen LogP contribution in [-0.4, -0.2) is 5.91 Å². The normalized spacial score (nSPS) is 10.9. The Balaban J connectivity index is 1.63. The Labute approximate surface area is 174 Å². The van der Waals surface area contributed by atoms with Gasteiger partial charge in [0.05, 0.1) is 11.6 Å². The third-order valence-electron chi connectivity index (χ3n) is 4.06. The number of amides is 1. The number of rotatable bonds is 7. The molecule has 0 saturated carbocycles. The second kappa shape index (κ2) is 9.18. The highest BCUT2D eigenvalue weighted by atomic mass is 35.5. The predicted octanol–water partition coefficient (Wildman–Crippen LogP) is 6.85. The number of carbonyl (C=O) groups is 1. The van der Waals surface area contributed by atoms with E-state index in [1.807, 2.05) is 56.3 Å². The lowest BCUT2D eigenvalue weighted by molar-refractivity contribution is -0.116. The third kappa shape index (κ3) is 5.54. The van der Waals surface area contributed by atoms with E-state index >= 15 is 0 Å². The van der Waals surface area contributed by atoms with Crippen LogP contribution in [0.4, 0.5) is 11.4 Å². The van der Waals surface area contributed by atoms with Crippen LogP contribution in [-0.2, 0) is 11.3 Å². The largest absolute Gasteiger partial charge is 0.459 e. The SMILES string of the molecule is CC(C)CC(=O)Nc1cccc(NCc2ccc(-c3ccc(Cl)cc3Cl)o2)c1. The molecule has 1 aromatic heterocycles. The van der Waals surface area contributed by atoms with Gasteiger partial charge in [-0.3, -0.25) is 4.79 Å². The Morgan fingerprint density at radius 3 is 2.57 bits per heavy atom. The van der Waals surface area contributed by atoms with Gasteiger partial charge < -0.3 is 15.1 Å². The van der Waals surface area contributed by atoms with Crippen molar-refractivity contribution in [2.75, 3.05) is 10.6 Å². The maximum absolute atomic E-state index is 11.9. The van der Waals surface area contributed by atoms with Gasteiger partial charge in [-0.25, -0.2) is 0 Å². The molecule has 146 valence electrons. The standard InChI is InChI=1S/C22H22Cl2N2O2/c1-14(2)10-22(27)26-17-5-3-4-16(12-17)25-13-18-7-9-21(28-18)19-8-6-15(23)11-20(19)24/h3-9,11-12,14,25H,10,13H2,1-2H3,(H,26,27). The summed E-state index contributed by atoms with van der Waals surface area (Å²) in [6, 6.07) is 16.7. The van der Waals surface area contributed by atoms with E-state index in [1.54, 1.807) is 12.1 Å². The fourth-order valence-electron chi connectivity index (χ4n) is 2.79. The van der Waals surface area contributed by atoms with Crippen LogP contribution in [0.2, 0.25) is 10.0 Å². The van der Waals surface area contributed by atoms with Gasteiger partial charge in [0.25, 0.3) is 0 Å². The Morgan fingerprint density at radius 1 is 1.04 bits per heavy atom. The molecule has 3 aromatic rings. The molecule has 0 aliphatic heterocycles. The van der Waals surface area contributed by atoms with Gasteiger partial charge in [-0.05, 0) is 54.4 Å². The van der Waals surface area contributed by atoms with Crippen molar-refractivity contribution in [2.24, 2.45) is 5.92 Å². The first-order valence-corrected chi connectivity index (χ1v) is 9.84. The molecule has 3 rings (SSSR count). The van der Waals surface area contributed by atoms with E-state index in [1.165, 1.54) is 0 Å². The van der Waals surface area contributed by atoms with Crippen molar-refractivity contribution in [3.63, 3.8) is 0 Å². The summed E-state index contributed by atoms with van der Waals surface area (Å²) in [4.78, 5) is 11.9. The molecule has 0 atom stereocenters. The van der Waals surface area contributed by atoms with E-state index in [2.05, 4.69) is 10.6 Å². The molecule has 0 radical (unpaired) electrons. The summed E-state index contributed by atoms with van der Waals surface area (Å²) in [5.41, 5.74) is 2.46. The molecule has 2 N–H and O–H groups in total. The fourth-order valence-corrected chi connectivity index (χ4v) is 3.29. The summed E-state index contributed by atoms with van der Waals surface area (Å²) in [6.45, 7) is 4.55. The first kappa shape index (κ1) is 20.3. The Hall–Kier alpha value is -2.43. The molecule has 1 amide bonds. The van der Waals surface area contributed by atoms with Crippen LogP contribution in [0.15, 0.2) is 59.0 Å². The van der Waals surface area contributed by atoms with Gasteiger partial charge in [-0.1, -0.05) is 43.1 Å². The van der Waals surface area contributed by atoms with E-state index in [9.17, 15) is 4.79 Å². The van der Waals surface area contributed by atoms with Crippen molar-refractivity contribution >= 4 is 40.5 Å². The van der Waals surface area contributed by atoms with Crippen LogP contribution in [0.25, 0.3) is 11.3 Å². The molecule has 4 nitrogen and oxygen atoms in total. The lowest BCUT2D eigenvalue weighted by Gasteiger charge is -2.10. The molecule has 0 bridgehead atoms. The van der Waals surface area contributed by atoms with Crippen molar-refractivity contribution in [1.82, 2.24) is 0 Å². The van der Waals surface area contributed by atoms with E-state index < -0.39 is 0 Å². The number of halogens is 2. The summed E-state index contributed by atoms with van der Waals surface area (Å²) in [7, 11) is 0. The van der Waals surface area contributed by atoms with Crippen molar-refractivity contribution in [1.29, 1.82) is 0 Å². The molecule has 0 saturated heterocycles. The van der Waals surface area contributed by atoms with Crippen molar-refractivity contribution in [3.05, 3.63) is 70.4 Å². The molecule has 28 heavy (non-hydrogen) atoms. The first-order valence-electron chi connectivity index (χ1n) is 9.08. The summed E-state index contributed by atoms with van der Waals surface area (Å²) >= 11 is 12.2. The Kier molecular flexibility index (Phi) is 6.65. The number of hydrogen-bond donors (Lipinski definition) is 2. The van der Waals surface area contributed by atoms with E-state index in [0.717, 1.165) is 22.7 Å². The van der Waals surface area contributed by atoms with Crippen LogP contribution in [0.1, 0.15) is 26.0 Å². The Bertz CT molecular complexity index is 967. The second-order valence-electron chi connectivity index (χ2n) is 6.97. The van der Waals surface area contributed by atoms with E-state index in [0.29, 0.717) is 34.7 Å². The average Bonchev–Trinajstić information content (AvgIpc) is 3.08. The van der Waals surface area contributed by atoms with Crippen molar-refractivity contribution < 1.29 is 9.21 Å². The van der Waals surface area contributed by atoms with Crippen LogP contribution in [0.3, 0.4) is 0 Å². The van der Waals surface area contributed by atoms with Crippen LogP contribution in [0, 0.1) is 5.92 Å². The third-order valence-corrected chi connectivity index (χ3v) is 4.61. The van der Waals surface area contributed by atoms with E-state index in [-0.39, 0.29) is 5.91 Å². The maximum atomic E-state index is 11.9.